The number of anilines is 1. The summed E-state index contributed by atoms with van der Waals surface area (Å²) in [4.78, 5) is 0. The Balaban J connectivity index is 2.07. The van der Waals surface area contributed by atoms with E-state index in [1.165, 1.54) is 18.6 Å². The Kier molecular flexibility index (Phi) is 4.00. The normalized spacial score (nSPS) is 25.4. The summed E-state index contributed by atoms with van der Waals surface area (Å²) in [7, 11) is 0. The molecule has 3 heteroatoms. The molecule has 0 aromatic heterocycles. The van der Waals surface area contributed by atoms with Crippen LogP contribution in [0.1, 0.15) is 37.7 Å². The number of hydrogen-bond donors (Lipinski definition) is 2. The quantitative estimate of drug-likeness (QED) is 0.774. The van der Waals surface area contributed by atoms with E-state index in [1.807, 2.05) is 13.0 Å². The van der Waals surface area contributed by atoms with Gasteiger partial charge in [0.2, 0.25) is 0 Å². The molecule has 1 aromatic rings. The van der Waals surface area contributed by atoms with Crippen LogP contribution in [0.4, 0.5) is 10.1 Å². The highest BCUT2D eigenvalue weighted by molar-refractivity contribution is 5.47. The second-order valence-corrected chi connectivity index (χ2v) is 4.97. The first-order valence-electron chi connectivity index (χ1n) is 6.37. The van der Waals surface area contributed by atoms with E-state index in [0.717, 1.165) is 36.9 Å². The molecule has 17 heavy (non-hydrogen) atoms. The minimum absolute atomic E-state index is 0.0544. The summed E-state index contributed by atoms with van der Waals surface area (Å²) in [6.45, 7) is 1.87. The van der Waals surface area contributed by atoms with E-state index in [2.05, 4.69) is 5.32 Å². The zero-order valence-corrected chi connectivity index (χ0v) is 10.2. The Bertz CT molecular complexity index is 360. The first-order chi connectivity index (χ1) is 8.15. The van der Waals surface area contributed by atoms with Crippen molar-refractivity contribution >= 4 is 5.69 Å². The maximum absolute atomic E-state index is 13.3. The van der Waals surface area contributed by atoms with Crippen LogP contribution in [0.15, 0.2) is 18.2 Å². The number of hydrogen-bond acceptors (Lipinski definition) is 2. The second-order valence-electron chi connectivity index (χ2n) is 4.97. The van der Waals surface area contributed by atoms with Gasteiger partial charge in [-0.15, -0.1) is 0 Å². The standard InChI is InChI=1S/C14H20FNO/c1-10-7-11(15)9-12(8-10)16-13-5-3-2-4-6-14(13)17/h7-9,13-14,16-17H,2-6H2,1H3. The van der Waals surface area contributed by atoms with Crippen molar-refractivity contribution < 1.29 is 9.50 Å². The molecular weight excluding hydrogens is 217 g/mol. The first-order valence-corrected chi connectivity index (χ1v) is 6.37. The van der Waals surface area contributed by atoms with E-state index >= 15 is 0 Å². The van der Waals surface area contributed by atoms with Crippen LogP contribution in [0.3, 0.4) is 0 Å². The van der Waals surface area contributed by atoms with E-state index in [1.54, 1.807) is 0 Å². The van der Waals surface area contributed by atoms with Gasteiger partial charge >= 0.3 is 0 Å². The summed E-state index contributed by atoms with van der Waals surface area (Å²) in [6.07, 6.45) is 4.87. The summed E-state index contributed by atoms with van der Waals surface area (Å²) >= 11 is 0. The third kappa shape index (κ3) is 3.43. The van der Waals surface area contributed by atoms with Crippen molar-refractivity contribution in [1.82, 2.24) is 0 Å². The molecule has 0 spiro atoms. The second kappa shape index (κ2) is 5.50. The van der Waals surface area contributed by atoms with Gasteiger partial charge in [-0.1, -0.05) is 19.3 Å². The van der Waals surface area contributed by atoms with Crippen LogP contribution >= 0.6 is 0 Å². The molecule has 2 N–H and O–H groups in total. The molecule has 0 radical (unpaired) electrons. The van der Waals surface area contributed by atoms with Gasteiger partial charge in [-0.2, -0.15) is 0 Å². The lowest BCUT2D eigenvalue weighted by atomic mass is 10.1. The van der Waals surface area contributed by atoms with Gasteiger partial charge in [0, 0.05) is 5.69 Å². The first kappa shape index (κ1) is 12.4. The van der Waals surface area contributed by atoms with Crippen LogP contribution in [0.2, 0.25) is 0 Å². The topological polar surface area (TPSA) is 32.3 Å². The van der Waals surface area contributed by atoms with Crippen LogP contribution in [0.25, 0.3) is 0 Å². The Morgan fingerprint density at radius 3 is 2.71 bits per heavy atom. The molecule has 2 atom stereocenters. The van der Waals surface area contributed by atoms with Crippen molar-refractivity contribution in [2.24, 2.45) is 0 Å². The maximum Gasteiger partial charge on any atom is 0.125 e. The zero-order valence-electron chi connectivity index (χ0n) is 10.2. The molecule has 2 unspecified atom stereocenters. The number of aryl methyl sites for hydroxylation is 1. The van der Waals surface area contributed by atoms with Gasteiger partial charge in [0.1, 0.15) is 5.82 Å². The highest BCUT2D eigenvalue weighted by Gasteiger charge is 2.21. The van der Waals surface area contributed by atoms with Gasteiger partial charge in [0.15, 0.2) is 0 Å². The highest BCUT2D eigenvalue weighted by Crippen LogP contribution is 2.22. The molecule has 1 aliphatic rings. The molecule has 1 aromatic carbocycles. The van der Waals surface area contributed by atoms with Crippen molar-refractivity contribution in [3.8, 4) is 0 Å². The van der Waals surface area contributed by atoms with Crippen LogP contribution in [-0.2, 0) is 0 Å². The highest BCUT2D eigenvalue weighted by atomic mass is 19.1. The third-order valence-electron chi connectivity index (χ3n) is 3.37. The van der Waals surface area contributed by atoms with Crippen LogP contribution < -0.4 is 5.32 Å². The van der Waals surface area contributed by atoms with E-state index < -0.39 is 0 Å². The average Bonchev–Trinajstić information content (AvgIpc) is 2.43. The number of aliphatic hydroxyl groups excluding tert-OH is 1. The monoisotopic (exact) mass is 237 g/mol. The SMILES string of the molecule is Cc1cc(F)cc(NC2CCCCCC2O)c1. The largest absolute Gasteiger partial charge is 0.391 e. The van der Waals surface area contributed by atoms with Gasteiger partial charge in [-0.05, 0) is 43.5 Å². The molecule has 1 saturated carbocycles. The Labute approximate surface area is 102 Å². The minimum atomic E-state index is -0.318. The molecule has 2 nitrogen and oxygen atoms in total. The fourth-order valence-corrected chi connectivity index (χ4v) is 2.49. The predicted molar refractivity (Wildman–Crippen MR) is 67.6 cm³/mol. The number of aliphatic hydroxyl groups is 1. The summed E-state index contributed by atoms with van der Waals surface area (Å²) in [6, 6.07) is 4.97. The molecule has 94 valence electrons. The third-order valence-corrected chi connectivity index (χ3v) is 3.37. The molecule has 1 fully saturated rings. The fourth-order valence-electron chi connectivity index (χ4n) is 2.49. The fraction of sp³-hybridized carbons (Fsp3) is 0.571. The van der Waals surface area contributed by atoms with Gasteiger partial charge in [0.25, 0.3) is 0 Å². The number of nitrogens with one attached hydrogen (secondary N) is 1. The van der Waals surface area contributed by atoms with Crippen molar-refractivity contribution in [2.45, 2.75) is 51.2 Å². The molecule has 0 saturated heterocycles. The lowest BCUT2D eigenvalue weighted by Crippen LogP contribution is -2.32. The minimum Gasteiger partial charge on any atom is -0.391 e. The summed E-state index contributed by atoms with van der Waals surface area (Å²) in [5.74, 6) is -0.226. The van der Waals surface area contributed by atoms with Crippen LogP contribution in [0, 0.1) is 12.7 Å². The van der Waals surface area contributed by atoms with Crippen LogP contribution in [-0.4, -0.2) is 17.3 Å². The van der Waals surface area contributed by atoms with Crippen molar-refractivity contribution in [1.29, 1.82) is 0 Å². The average molecular weight is 237 g/mol. The smallest absolute Gasteiger partial charge is 0.125 e. The van der Waals surface area contributed by atoms with Gasteiger partial charge in [-0.3, -0.25) is 0 Å². The van der Waals surface area contributed by atoms with Crippen molar-refractivity contribution in [2.75, 3.05) is 5.32 Å². The molecule has 1 aliphatic carbocycles. The summed E-state index contributed by atoms with van der Waals surface area (Å²) in [5.41, 5.74) is 1.67. The van der Waals surface area contributed by atoms with Crippen LogP contribution in [0.5, 0.6) is 0 Å². The van der Waals surface area contributed by atoms with E-state index in [9.17, 15) is 9.50 Å². The van der Waals surface area contributed by atoms with Gasteiger partial charge in [-0.25, -0.2) is 4.39 Å². The zero-order chi connectivity index (χ0) is 12.3. The van der Waals surface area contributed by atoms with E-state index in [4.69, 9.17) is 0 Å². The van der Waals surface area contributed by atoms with Gasteiger partial charge < -0.3 is 10.4 Å². The van der Waals surface area contributed by atoms with E-state index in [-0.39, 0.29) is 18.0 Å². The molecule has 0 bridgehead atoms. The molecule has 0 aliphatic heterocycles. The summed E-state index contributed by atoms with van der Waals surface area (Å²) < 4.78 is 13.3. The number of halogens is 1. The lowest BCUT2D eigenvalue weighted by Gasteiger charge is -2.23. The number of benzene rings is 1. The Morgan fingerprint density at radius 1 is 1.18 bits per heavy atom. The number of rotatable bonds is 2. The molecule has 2 rings (SSSR count). The molecule has 0 amide bonds. The lowest BCUT2D eigenvalue weighted by molar-refractivity contribution is 0.144. The predicted octanol–water partition coefficient (Wildman–Crippen LogP) is 3.24. The summed E-state index contributed by atoms with van der Waals surface area (Å²) in [5, 5.41) is 13.3. The van der Waals surface area contributed by atoms with Crippen molar-refractivity contribution in [3.63, 3.8) is 0 Å². The molecular formula is C14H20FNO. The van der Waals surface area contributed by atoms with E-state index in [0.29, 0.717) is 0 Å². The maximum atomic E-state index is 13.3. The molecule has 0 heterocycles. The van der Waals surface area contributed by atoms with Crippen molar-refractivity contribution in [3.05, 3.63) is 29.6 Å². The Morgan fingerprint density at radius 2 is 1.94 bits per heavy atom. The van der Waals surface area contributed by atoms with Gasteiger partial charge in [0.05, 0.1) is 12.1 Å². The Hall–Kier alpha value is -1.09.